The molecule has 0 atom stereocenters. The molecule has 0 unspecified atom stereocenters. The number of likely N-dealkylation sites (tertiary alicyclic amines) is 1. The van der Waals surface area contributed by atoms with Crippen molar-refractivity contribution in [1.82, 2.24) is 19.8 Å². The molecule has 1 aliphatic heterocycles. The van der Waals surface area contributed by atoms with E-state index in [0.29, 0.717) is 6.04 Å². The van der Waals surface area contributed by atoms with Gasteiger partial charge in [0.15, 0.2) is 0 Å². The van der Waals surface area contributed by atoms with Crippen LogP contribution in [0.25, 0.3) is 0 Å². The third kappa shape index (κ3) is 3.80. The van der Waals surface area contributed by atoms with Crippen molar-refractivity contribution in [3.8, 4) is 0 Å². The summed E-state index contributed by atoms with van der Waals surface area (Å²) in [6.07, 6.45) is 6.75. The molecule has 1 N–H and O–H groups in total. The van der Waals surface area contributed by atoms with Crippen molar-refractivity contribution in [2.75, 3.05) is 19.6 Å². The van der Waals surface area contributed by atoms with E-state index in [9.17, 15) is 4.79 Å². The molecule has 1 aliphatic carbocycles. The maximum Gasteiger partial charge on any atom is 0.267 e. The molecule has 21 heavy (non-hydrogen) atoms. The molecular formula is C15H24N4OS. The predicted molar refractivity (Wildman–Crippen MR) is 83.6 cm³/mol. The first-order valence-electron chi connectivity index (χ1n) is 8.11. The van der Waals surface area contributed by atoms with Gasteiger partial charge in [-0.25, -0.2) is 0 Å². The fourth-order valence-corrected chi connectivity index (χ4v) is 3.53. The summed E-state index contributed by atoms with van der Waals surface area (Å²) in [4.78, 5) is 15.3. The molecule has 116 valence electrons. The molecule has 1 saturated carbocycles. The Morgan fingerprint density at radius 1 is 1.33 bits per heavy atom. The van der Waals surface area contributed by atoms with Gasteiger partial charge in [0.2, 0.25) is 0 Å². The number of carbonyl (C=O) groups is 1. The van der Waals surface area contributed by atoms with Gasteiger partial charge < -0.3 is 10.2 Å². The van der Waals surface area contributed by atoms with Crippen LogP contribution in [0.1, 0.15) is 54.4 Å². The number of aryl methyl sites for hydroxylation is 1. The maximum absolute atomic E-state index is 12.6. The number of hydrogen-bond donors (Lipinski definition) is 1. The number of aromatic nitrogens is 2. The van der Waals surface area contributed by atoms with Crippen molar-refractivity contribution < 1.29 is 4.79 Å². The minimum atomic E-state index is 0.133. The summed E-state index contributed by atoms with van der Waals surface area (Å²) in [5.41, 5.74) is 0.876. The molecule has 2 heterocycles. The molecular weight excluding hydrogens is 284 g/mol. The van der Waals surface area contributed by atoms with Crippen LogP contribution in [0, 0.1) is 5.92 Å². The fourth-order valence-electron chi connectivity index (χ4n) is 2.86. The highest BCUT2D eigenvalue weighted by Crippen LogP contribution is 2.28. The van der Waals surface area contributed by atoms with E-state index in [4.69, 9.17) is 0 Å². The Bertz CT molecular complexity index is 478. The van der Waals surface area contributed by atoms with Gasteiger partial charge in [0.05, 0.1) is 5.69 Å². The van der Waals surface area contributed by atoms with Crippen molar-refractivity contribution in [2.45, 2.75) is 51.5 Å². The highest BCUT2D eigenvalue weighted by molar-refractivity contribution is 7.08. The van der Waals surface area contributed by atoms with Crippen LogP contribution >= 0.6 is 11.5 Å². The molecule has 1 amide bonds. The Labute approximate surface area is 130 Å². The molecule has 5 nitrogen and oxygen atoms in total. The molecule has 3 rings (SSSR count). The van der Waals surface area contributed by atoms with Gasteiger partial charge in [0.25, 0.3) is 5.91 Å². The van der Waals surface area contributed by atoms with Gasteiger partial charge in [0.1, 0.15) is 4.88 Å². The van der Waals surface area contributed by atoms with Crippen molar-refractivity contribution >= 4 is 17.4 Å². The van der Waals surface area contributed by atoms with Crippen LogP contribution < -0.4 is 5.32 Å². The zero-order valence-corrected chi connectivity index (χ0v) is 13.5. The summed E-state index contributed by atoms with van der Waals surface area (Å²) in [5.74, 6) is 1.05. The zero-order valence-electron chi connectivity index (χ0n) is 12.7. The van der Waals surface area contributed by atoms with E-state index in [1.807, 2.05) is 4.90 Å². The van der Waals surface area contributed by atoms with E-state index in [2.05, 4.69) is 21.8 Å². The molecule has 2 aliphatic rings. The fraction of sp³-hybridized carbons (Fsp3) is 0.800. The first-order valence-corrected chi connectivity index (χ1v) is 8.89. The van der Waals surface area contributed by atoms with Crippen LogP contribution in [0.5, 0.6) is 0 Å². The Morgan fingerprint density at radius 2 is 2.10 bits per heavy atom. The van der Waals surface area contributed by atoms with Gasteiger partial charge in [-0.1, -0.05) is 17.8 Å². The SMILES string of the molecule is CCCc1nnsc1C(=O)N1CCC(NCC2CC2)CC1. The van der Waals surface area contributed by atoms with Crippen LogP contribution in [-0.4, -0.2) is 46.1 Å². The molecule has 6 heteroatoms. The monoisotopic (exact) mass is 308 g/mol. The third-order valence-electron chi connectivity index (χ3n) is 4.41. The zero-order chi connectivity index (χ0) is 14.7. The van der Waals surface area contributed by atoms with Gasteiger partial charge in [0, 0.05) is 19.1 Å². The molecule has 0 bridgehead atoms. The number of rotatable bonds is 6. The summed E-state index contributed by atoms with van der Waals surface area (Å²) < 4.78 is 3.96. The Balaban J connectivity index is 1.50. The number of amides is 1. The number of carbonyl (C=O) groups excluding carboxylic acids is 1. The largest absolute Gasteiger partial charge is 0.338 e. The second kappa shape index (κ2) is 6.83. The molecule has 1 aromatic heterocycles. The summed E-state index contributed by atoms with van der Waals surface area (Å²) >= 11 is 1.25. The van der Waals surface area contributed by atoms with E-state index in [1.54, 1.807) is 0 Å². The van der Waals surface area contributed by atoms with Crippen LogP contribution in [0.15, 0.2) is 0 Å². The van der Waals surface area contributed by atoms with E-state index >= 15 is 0 Å². The average molecular weight is 308 g/mol. The Morgan fingerprint density at radius 3 is 2.76 bits per heavy atom. The molecule has 2 fully saturated rings. The van der Waals surface area contributed by atoms with Gasteiger partial charge in [-0.05, 0) is 56.1 Å². The van der Waals surface area contributed by atoms with E-state index in [-0.39, 0.29) is 5.91 Å². The van der Waals surface area contributed by atoms with Crippen molar-refractivity contribution in [2.24, 2.45) is 5.92 Å². The van der Waals surface area contributed by atoms with Crippen LogP contribution in [0.4, 0.5) is 0 Å². The van der Waals surface area contributed by atoms with E-state index < -0.39 is 0 Å². The van der Waals surface area contributed by atoms with E-state index in [0.717, 1.165) is 61.8 Å². The maximum atomic E-state index is 12.6. The predicted octanol–water partition coefficient (Wildman–Crippen LogP) is 2.09. The van der Waals surface area contributed by atoms with Crippen molar-refractivity contribution in [3.05, 3.63) is 10.6 Å². The second-order valence-electron chi connectivity index (χ2n) is 6.22. The van der Waals surface area contributed by atoms with Crippen LogP contribution in [0.3, 0.4) is 0 Å². The number of nitrogens with one attached hydrogen (secondary N) is 1. The smallest absolute Gasteiger partial charge is 0.267 e. The quantitative estimate of drug-likeness (QED) is 0.874. The molecule has 0 spiro atoms. The lowest BCUT2D eigenvalue weighted by atomic mass is 10.0. The standard InChI is InChI=1S/C15H24N4OS/c1-2-3-13-14(21-18-17-13)15(20)19-8-6-12(7-9-19)16-10-11-4-5-11/h11-12,16H,2-10H2,1H3. The normalized spacial score (nSPS) is 20.0. The minimum Gasteiger partial charge on any atom is -0.338 e. The van der Waals surface area contributed by atoms with Gasteiger partial charge >= 0.3 is 0 Å². The lowest BCUT2D eigenvalue weighted by molar-refractivity contribution is 0.0708. The Kier molecular flexibility index (Phi) is 4.85. The molecule has 1 saturated heterocycles. The highest BCUT2D eigenvalue weighted by Gasteiger charge is 2.28. The minimum absolute atomic E-state index is 0.133. The average Bonchev–Trinajstić information content (AvgIpc) is 3.23. The molecule has 1 aromatic rings. The van der Waals surface area contributed by atoms with Gasteiger partial charge in [-0.3, -0.25) is 4.79 Å². The number of piperidine rings is 1. The molecule has 0 aromatic carbocycles. The van der Waals surface area contributed by atoms with Crippen LogP contribution in [-0.2, 0) is 6.42 Å². The Hall–Kier alpha value is -1.01. The molecule has 0 radical (unpaired) electrons. The van der Waals surface area contributed by atoms with Gasteiger partial charge in [-0.2, -0.15) is 0 Å². The summed E-state index contributed by atoms with van der Waals surface area (Å²) in [6.45, 7) is 4.97. The van der Waals surface area contributed by atoms with Crippen molar-refractivity contribution in [1.29, 1.82) is 0 Å². The first kappa shape index (κ1) is 14.9. The summed E-state index contributed by atoms with van der Waals surface area (Å²) in [6, 6.07) is 0.587. The van der Waals surface area contributed by atoms with Crippen LogP contribution in [0.2, 0.25) is 0 Å². The topological polar surface area (TPSA) is 58.1 Å². The number of hydrogen-bond acceptors (Lipinski definition) is 5. The number of nitrogens with zero attached hydrogens (tertiary/aromatic N) is 3. The lowest BCUT2D eigenvalue weighted by Gasteiger charge is -2.32. The van der Waals surface area contributed by atoms with Crippen molar-refractivity contribution in [3.63, 3.8) is 0 Å². The van der Waals surface area contributed by atoms with Gasteiger partial charge in [-0.15, -0.1) is 5.10 Å². The highest BCUT2D eigenvalue weighted by atomic mass is 32.1. The van der Waals surface area contributed by atoms with E-state index in [1.165, 1.54) is 24.4 Å². The summed E-state index contributed by atoms with van der Waals surface area (Å²) in [7, 11) is 0. The second-order valence-corrected chi connectivity index (χ2v) is 6.97. The lowest BCUT2D eigenvalue weighted by Crippen LogP contribution is -2.45. The summed E-state index contributed by atoms with van der Waals surface area (Å²) in [5, 5.41) is 7.75. The third-order valence-corrected chi connectivity index (χ3v) is 5.17. The first-order chi connectivity index (χ1) is 10.3.